The number of hydrogen-bond acceptors (Lipinski definition) is 4. The van der Waals surface area contributed by atoms with Crippen LogP contribution in [0.3, 0.4) is 0 Å². The molecule has 0 bridgehead atoms. The zero-order chi connectivity index (χ0) is 12.7. The topological polar surface area (TPSA) is 29.3 Å². The molecule has 1 aromatic heterocycles. The maximum Gasteiger partial charge on any atom is 0.0555 e. The number of hydrogen-bond donors (Lipinski definition) is 1. The molecule has 0 radical (unpaired) electrons. The first-order valence-electron chi connectivity index (χ1n) is 5.63. The van der Waals surface area contributed by atoms with Gasteiger partial charge in [0.05, 0.1) is 6.54 Å². The number of nitrogens with two attached hydrogens (primary N) is 1. The molecule has 0 spiro atoms. The SMILES string of the molecule is CSCC(C)N(C)Cc1sccc1C#CCN. The Morgan fingerprint density at radius 3 is 3.00 bits per heavy atom. The summed E-state index contributed by atoms with van der Waals surface area (Å²) in [7, 11) is 2.17. The van der Waals surface area contributed by atoms with E-state index in [0.717, 1.165) is 17.9 Å². The van der Waals surface area contributed by atoms with Crippen molar-refractivity contribution >= 4 is 23.1 Å². The minimum atomic E-state index is 0.425. The van der Waals surface area contributed by atoms with E-state index in [1.54, 1.807) is 11.3 Å². The van der Waals surface area contributed by atoms with Gasteiger partial charge >= 0.3 is 0 Å². The van der Waals surface area contributed by atoms with Crippen molar-refractivity contribution in [2.75, 3.05) is 25.6 Å². The molecular weight excluding hydrogens is 248 g/mol. The second kappa shape index (κ2) is 7.78. The maximum atomic E-state index is 5.40. The zero-order valence-electron chi connectivity index (χ0n) is 10.7. The number of thioether (sulfide) groups is 1. The summed E-state index contributed by atoms with van der Waals surface area (Å²) in [4.78, 5) is 3.71. The van der Waals surface area contributed by atoms with Gasteiger partial charge in [-0.15, -0.1) is 11.3 Å². The third-order valence-corrected chi connectivity index (χ3v) is 4.35. The first kappa shape index (κ1) is 14.6. The number of nitrogens with zero attached hydrogens (tertiary/aromatic N) is 1. The Morgan fingerprint density at radius 1 is 1.59 bits per heavy atom. The summed E-state index contributed by atoms with van der Waals surface area (Å²) < 4.78 is 0. The summed E-state index contributed by atoms with van der Waals surface area (Å²) in [6.45, 7) is 3.65. The molecule has 0 saturated carbocycles. The molecule has 1 heterocycles. The van der Waals surface area contributed by atoms with Crippen molar-refractivity contribution in [2.24, 2.45) is 5.73 Å². The minimum Gasteiger partial charge on any atom is -0.320 e. The van der Waals surface area contributed by atoms with Crippen molar-refractivity contribution in [3.05, 3.63) is 21.9 Å². The molecule has 0 saturated heterocycles. The van der Waals surface area contributed by atoms with Crippen molar-refractivity contribution in [2.45, 2.75) is 19.5 Å². The Morgan fingerprint density at radius 2 is 2.35 bits per heavy atom. The van der Waals surface area contributed by atoms with Gasteiger partial charge in [0, 0.05) is 28.8 Å². The molecule has 1 rings (SSSR count). The maximum absolute atomic E-state index is 5.40. The fourth-order valence-corrected chi connectivity index (χ4v) is 3.10. The van der Waals surface area contributed by atoms with Gasteiger partial charge in [-0.25, -0.2) is 0 Å². The van der Waals surface area contributed by atoms with E-state index < -0.39 is 0 Å². The molecule has 1 unspecified atom stereocenters. The molecule has 94 valence electrons. The molecule has 0 fully saturated rings. The van der Waals surface area contributed by atoms with Gasteiger partial charge in [0.1, 0.15) is 0 Å². The van der Waals surface area contributed by atoms with Gasteiger partial charge in [0.15, 0.2) is 0 Å². The van der Waals surface area contributed by atoms with E-state index in [-0.39, 0.29) is 0 Å². The van der Waals surface area contributed by atoms with Gasteiger partial charge in [0.2, 0.25) is 0 Å². The average molecular weight is 268 g/mol. The third-order valence-electron chi connectivity index (χ3n) is 2.62. The van der Waals surface area contributed by atoms with Crippen molar-refractivity contribution in [3.8, 4) is 11.8 Å². The molecule has 17 heavy (non-hydrogen) atoms. The van der Waals surface area contributed by atoms with Crippen LogP contribution in [0.4, 0.5) is 0 Å². The van der Waals surface area contributed by atoms with Crippen LogP contribution in [0.2, 0.25) is 0 Å². The predicted molar refractivity (Wildman–Crippen MR) is 79.6 cm³/mol. The van der Waals surface area contributed by atoms with Crippen LogP contribution in [-0.4, -0.2) is 36.5 Å². The van der Waals surface area contributed by atoms with Gasteiger partial charge in [-0.05, 0) is 31.7 Å². The van der Waals surface area contributed by atoms with Crippen LogP contribution in [0.25, 0.3) is 0 Å². The monoisotopic (exact) mass is 268 g/mol. The summed E-state index contributed by atoms with van der Waals surface area (Å²) in [6.07, 6.45) is 2.15. The lowest BCUT2D eigenvalue weighted by Gasteiger charge is -2.23. The molecule has 2 N–H and O–H groups in total. The quantitative estimate of drug-likeness (QED) is 0.831. The molecule has 0 aliphatic heterocycles. The summed E-state index contributed by atoms with van der Waals surface area (Å²) in [5.74, 6) is 7.21. The highest BCUT2D eigenvalue weighted by Gasteiger charge is 2.11. The van der Waals surface area contributed by atoms with E-state index in [9.17, 15) is 0 Å². The number of thiophene rings is 1. The van der Waals surface area contributed by atoms with Crippen LogP contribution < -0.4 is 5.73 Å². The largest absolute Gasteiger partial charge is 0.320 e. The van der Waals surface area contributed by atoms with Crippen molar-refractivity contribution < 1.29 is 0 Å². The van der Waals surface area contributed by atoms with E-state index >= 15 is 0 Å². The van der Waals surface area contributed by atoms with Crippen LogP contribution in [0.15, 0.2) is 11.4 Å². The lowest BCUT2D eigenvalue weighted by molar-refractivity contribution is 0.272. The van der Waals surface area contributed by atoms with Crippen LogP contribution in [0.1, 0.15) is 17.4 Å². The molecule has 0 aromatic carbocycles. The highest BCUT2D eigenvalue weighted by molar-refractivity contribution is 7.98. The van der Waals surface area contributed by atoms with E-state index in [0.29, 0.717) is 12.6 Å². The fourth-order valence-electron chi connectivity index (χ4n) is 1.47. The van der Waals surface area contributed by atoms with Gasteiger partial charge < -0.3 is 5.73 Å². The Bertz CT molecular complexity index is 390. The molecule has 4 heteroatoms. The van der Waals surface area contributed by atoms with Gasteiger partial charge in [-0.2, -0.15) is 11.8 Å². The van der Waals surface area contributed by atoms with Crippen molar-refractivity contribution in [3.63, 3.8) is 0 Å². The Hall–Kier alpha value is -0.470. The lowest BCUT2D eigenvalue weighted by atomic mass is 10.2. The smallest absolute Gasteiger partial charge is 0.0555 e. The Labute approximate surface area is 113 Å². The van der Waals surface area contributed by atoms with Crippen LogP contribution in [-0.2, 0) is 6.54 Å². The molecule has 1 atom stereocenters. The Kier molecular flexibility index (Phi) is 6.68. The third kappa shape index (κ3) is 4.72. The van der Waals surface area contributed by atoms with Gasteiger partial charge in [0.25, 0.3) is 0 Å². The summed E-state index contributed by atoms with van der Waals surface area (Å²) in [5, 5.41) is 2.10. The lowest BCUT2D eigenvalue weighted by Crippen LogP contribution is -2.30. The van der Waals surface area contributed by atoms with E-state index in [2.05, 4.69) is 48.4 Å². The first-order chi connectivity index (χ1) is 8.19. The summed E-state index contributed by atoms with van der Waals surface area (Å²) in [5.41, 5.74) is 6.53. The van der Waals surface area contributed by atoms with E-state index in [1.807, 2.05) is 11.8 Å². The normalized spacial score (nSPS) is 12.3. The van der Waals surface area contributed by atoms with Crippen molar-refractivity contribution in [1.29, 1.82) is 0 Å². The first-order valence-corrected chi connectivity index (χ1v) is 7.90. The minimum absolute atomic E-state index is 0.425. The highest BCUT2D eigenvalue weighted by atomic mass is 32.2. The molecule has 2 nitrogen and oxygen atoms in total. The van der Waals surface area contributed by atoms with E-state index in [4.69, 9.17) is 5.73 Å². The summed E-state index contributed by atoms with van der Waals surface area (Å²) >= 11 is 3.66. The molecule has 0 aliphatic rings. The molecular formula is C13H20N2S2. The Balaban J connectivity index is 2.65. The van der Waals surface area contributed by atoms with Gasteiger partial charge in [-0.1, -0.05) is 11.8 Å². The van der Waals surface area contributed by atoms with Crippen molar-refractivity contribution in [1.82, 2.24) is 4.90 Å². The zero-order valence-corrected chi connectivity index (χ0v) is 12.3. The molecule has 1 aromatic rings. The predicted octanol–water partition coefficient (Wildman–Crippen LogP) is 2.24. The van der Waals surface area contributed by atoms with Crippen LogP contribution in [0, 0.1) is 11.8 Å². The van der Waals surface area contributed by atoms with Gasteiger partial charge in [-0.3, -0.25) is 4.90 Å². The molecule has 0 amide bonds. The second-order valence-corrected chi connectivity index (χ2v) is 5.89. The average Bonchev–Trinajstić information content (AvgIpc) is 2.74. The fraction of sp³-hybridized carbons (Fsp3) is 0.538. The van der Waals surface area contributed by atoms with Crippen LogP contribution in [0.5, 0.6) is 0 Å². The summed E-state index contributed by atoms with van der Waals surface area (Å²) in [6, 6.07) is 2.66. The molecule has 0 aliphatic carbocycles. The van der Waals surface area contributed by atoms with Crippen LogP contribution >= 0.6 is 23.1 Å². The van der Waals surface area contributed by atoms with E-state index in [1.165, 1.54) is 4.88 Å². The highest BCUT2D eigenvalue weighted by Crippen LogP contribution is 2.19. The standard InChI is InChI=1S/C13H20N2S2/c1-11(10-16-3)15(2)9-13-12(5-4-7-14)6-8-17-13/h6,8,11H,7,9-10,14H2,1-3H3. The second-order valence-electron chi connectivity index (χ2n) is 3.98. The number of rotatable bonds is 5.